The Morgan fingerprint density at radius 2 is 1.93 bits per heavy atom. The van der Waals surface area contributed by atoms with E-state index >= 15 is 0 Å². The van der Waals surface area contributed by atoms with Crippen molar-refractivity contribution < 1.29 is 28.5 Å². The summed E-state index contributed by atoms with van der Waals surface area (Å²) in [5.41, 5.74) is 1.04. The van der Waals surface area contributed by atoms with Gasteiger partial charge in [0, 0.05) is 19.7 Å². The highest BCUT2D eigenvalue weighted by Gasteiger charge is 2.54. The summed E-state index contributed by atoms with van der Waals surface area (Å²) in [6.07, 6.45) is 0. The van der Waals surface area contributed by atoms with Crippen molar-refractivity contribution in [3.05, 3.63) is 35.6 Å². The zero-order valence-corrected chi connectivity index (χ0v) is 15.0. The molecule has 11 heteroatoms. The Morgan fingerprint density at radius 1 is 1.25 bits per heavy atom. The van der Waals surface area contributed by atoms with Crippen LogP contribution in [0.2, 0.25) is 0 Å². The van der Waals surface area contributed by atoms with Crippen molar-refractivity contribution in [2.75, 3.05) is 27.2 Å². The van der Waals surface area contributed by atoms with Crippen molar-refractivity contribution in [3.63, 3.8) is 0 Å². The van der Waals surface area contributed by atoms with Gasteiger partial charge in [0.15, 0.2) is 6.54 Å². The number of rotatable bonds is 3. The summed E-state index contributed by atoms with van der Waals surface area (Å²) < 4.78 is 14.9. The van der Waals surface area contributed by atoms with Crippen LogP contribution in [0.3, 0.4) is 0 Å². The number of nitrogens with zero attached hydrogens (tertiary/aromatic N) is 6. The molecule has 1 fully saturated rings. The second-order valence-electron chi connectivity index (χ2n) is 6.54. The van der Waals surface area contributed by atoms with Gasteiger partial charge < -0.3 is 5.11 Å². The van der Waals surface area contributed by atoms with E-state index in [1.54, 1.807) is 4.58 Å². The molecule has 0 spiro atoms. The molecule has 3 heterocycles. The Hall–Kier alpha value is -3.63. The predicted octanol–water partition coefficient (Wildman–Crippen LogP) is -0.397. The number of hydrogen-bond acceptors (Lipinski definition) is 6. The summed E-state index contributed by atoms with van der Waals surface area (Å²) in [5.74, 6) is -1.62. The molecule has 0 aromatic heterocycles. The fourth-order valence-electron chi connectivity index (χ4n) is 3.36. The number of carboxylic acids is 1. The third-order valence-corrected chi connectivity index (χ3v) is 4.76. The summed E-state index contributed by atoms with van der Waals surface area (Å²) in [4.78, 5) is 42.9. The van der Waals surface area contributed by atoms with Crippen LogP contribution in [0, 0.1) is 5.82 Å². The number of carboxylic acid groups (broad SMARTS) is 1. The lowest BCUT2D eigenvalue weighted by atomic mass is 10.1. The van der Waals surface area contributed by atoms with E-state index in [1.165, 1.54) is 48.3 Å². The van der Waals surface area contributed by atoms with E-state index < -0.39 is 36.3 Å². The van der Waals surface area contributed by atoms with E-state index in [-0.39, 0.29) is 18.3 Å². The van der Waals surface area contributed by atoms with E-state index in [0.717, 1.165) is 4.90 Å². The molecule has 1 saturated heterocycles. The molecule has 1 N–H and O–H groups in total. The van der Waals surface area contributed by atoms with Crippen LogP contribution in [-0.4, -0.2) is 93.1 Å². The minimum absolute atomic E-state index is 0.149. The molecule has 0 saturated carbocycles. The van der Waals surface area contributed by atoms with Gasteiger partial charge in [0.25, 0.3) is 5.91 Å². The van der Waals surface area contributed by atoms with Crippen molar-refractivity contribution in [2.45, 2.75) is 6.04 Å². The minimum atomic E-state index is -1.14. The highest BCUT2D eigenvalue weighted by Crippen LogP contribution is 2.23. The van der Waals surface area contributed by atoms with Gasteiger partial charge in [0.05, 0.1) is 0 Å². The maximum Gasteiger partial charge on any atom is 0.417 e. The number of aliphatic carboxylic acids is 1. The van der Waals surface area contributed by atoms with E-state index in [1.807, 2.05) is 0 Å². The zero-order chi connectivity index (χ0) is 20.2. The molecule has 3 amide bonds. The van der Waals surface area contributed by atoms with Crippen molar-refractivity contribution in [3.8, 4) is 0 Å². The maximum atomic E-state index is 13.3. The first-order valence-electron chi connectivity index (χ1n) is 8.38. The Morgan fingerprint density at radius 3 is 2.57 bits per heavy atom. The highest BCUT2D eigenvalue weighted by atomic mass is 19.1. The molecular formula is C17H16FN6O4+. The normalized spacial score (nSPS) is 21.5. The standard InChI is InChI=1S/C17H15FN6O4/c1-21-14-13(15(27)22(2)17(21)28)23-7-11(9-3-5-10(18)6-4-9)20-24(8-12(25)26)16(23)19-14/h3-6,13H,7-8H2,1-2H3/p+1. The lowest BCUT2D eigenvalue weighted by Gasteiger charge is -2.32. The molecule has 4 rings (SSSR count). The van der Waals surface area contributed by atoms with Gasteiger partial charge in [-0.15, -0.1) is 10.1 Å². The van der Waals surface area contributed by atoms with Gasteiger partial charge in [-0.2, -0.15) is 0 Å². The van der Waals surface area contributed by atoms with Crippen molar-refractivity contribution in [1.29, 1.82) is 0 Å². The highest BCUT2D eigenvalue weighted by molar-refractivity contribution is 6.23. The van der Waals surface area contributed by atoms with E-state index in [9.17, 15) is 23.9 Å². The second kappa shape index (κ2) is 6.22. The first-order chi connectivity index (χ1) is 13.3. The first-order valence-corrected chi connectivity index (χ1v) is 8.38. The van der Waals surface area contributed by atoms with Crippen LogP contribution in [-0.2, 0) is 9.59 Å². The predicted molar refractivity (Wildman–Crippen MR) is 94.6 cm³/mol. The second-order valence-corrected chi connectivity index (χ2v) is 6.54. The van der Waals surface area contributed by atoms with E-state index in [0.29, 0.717) is 11.3 Å². The fourth-order valence-corrected chi connectivity index (χ4v) is 3.36. The number of amidine groups is 1. The lowest BCUT2D eigenvalue weighted by molar-refractivity contribution is -0.527. The van der Waals surface area contributed by atoms with Crippen LogP contribution in [0.25, 0.3) is 0 Å². The number of carbonyl (C=O) groups excluding carboxylic acids is 2. The number of carbonyl (C=O) groups is 3. The topological polar surface area (TPSA) is 109 Å². The van der Waals surface area contributed by atoms with Gasteiger partial charge in [-0.3, -0.25) is 14.6 Å². The van der Waals surface area contributed by atoms with Gasteiger partial charge in [0.2, 0.25) is 11.9 Å². The van der Waals surface area contributed by atoms with Crippen LogP contribution in [0.5, 0.6) is 0 Å². The monoisotopic (exact) mass is 387 g/mol. The molecule has 0 bridgehead atoms. The summed E-state index contributed by atoms with van der Waals surface area (Å²) in [7, 11) is 2.88. The maximum absolute atomic E-state index is 13.3. The largest absolute Gasteiger partial charge is 0.479 e. The van der Waals surface area contributed by atoms with E-state index in [4.69, 9.17) is 0 Å². The number of hydrazone groups is 1. The third kappa shape index (κ3) is 2.63. The van der Waals surface area contributed by atoms with E-state index in [2.05, 4.69) is 10.1 Å². The van der Waals surface area contributed by atoms with Gasteiger partial charge >= 0.3 is 18.0 Å². The molecule has 0 radical (unpaired) electrons. The number of imide groups is 1. The van der Waals surface area contributed by atoms with Crippen LogP contribution in [0.15, 0.2) is 34.4 Å². The lowest BCUT2D eigenvalue weighted by Crippen LogP contribution is -2.62. The van der Waals surface area contributed by atoms with Gasteiger partial charge in [-0.25, -0.2) is 18.6 Å². The molecule has 1 atom stereocenters. The minimum Gasteiger partial charge on any atom is -0.479 e. The van der Waals surface area contributed by atoms with Crippen LogP contribution >= 0.6 is 0 Å². The van der Waals surface area contributed by atoms with Crippen molar-refractivity contribution >= 4 is 35.4 Å². The number of guanidine groups is 1. The molecule has 1 aromatic rings. The van der Waals surface area contributed by atoms with Crippen LogP contribution in [0.4, 0.5) is 9.18 Å². The average molecular weight is 387 g/mol. The molecule has 3 aliphatic heterocycles. The number of likely N-dealkylation sites (N-methyl/N-ethyl adjacent to an activating group) is 2. The first kappa shape index (κ1) is 17.8. The number of urea groups is 1. The quantitative estimate of drug-likeness (QED) is 0.710. The van der Waals surface area contributed by atoms with Gasteiger partial charge in [-0.1, -0.05) is 17.1 Å². The zero-order valence-electron chi connectivity index (χ0n) is 15.0. The molecule has 10 nitrogen and oxygen atoms in total. The Kier molecular flexibility index (Phi) is 3.95. The fraction of sp³-hybridized carbons (Fsp3) is 0.294. The molecule has 0 aliphatic carbocycles. The summed E-state index contributed by atoms with van der Waals surface area (Å²) in [6, 6.07) is 4.21. The molecule has 1 unspecified atom stereocenters. The Balaban J connectivity index is 1.77. The number of benzene rings is 1. The van der Waals surface area contributed by atoms with Crippen LogP contribution in [0.1, 0.15) is 5.56 Å². The van der Waals surface area contributed by atoms with Crippen molar-refractivity contribution in [2.24, 2.45) is 10.1 Å². The van der Waals surface area contributed by atoms with Gasteiger partial charge in [-0.05, 0) is 12.1 Å². The van der Waals surface area contributed by atoms with Crippen LogP contribution < -0.4 is 0 Å². The van der Waals surface area contributed by atoms with Crippen molar-refractivity contribution in [1.82, 2.24) is 14.8 Å². The van der Waals surface area contributed by atoms with Gasteiger partial charge in [0.1, 0.15) is 18.1 Å². The summed E-state index contributed by atoms with van der Waals surface area (Å²) in [5, 5.41) is 14.8. The summed E-state index contributed by atoms with van der Waals surface area (Å²) >= 11 is 0. The number of amides is 3. The Bertz CT molecular complexity index is 999. The number of aliphatic imine (C=N–C) groups is 1. The number of halogens is 1. The molecular weight excluding hydrogens is 371 g/mol. The number of hydrogen-bond donors (Lipinski definition) is 1. The molecule has 28 heavy (non-hydrogen) atoms. The molecule has 144 valence electrons. The molecule has 3 aliphatic rings. The molecule has 1 aromatic carbocycles. The smallest absolute Gasteiger partial charge is 0.417 e. The third-order valence-electron chi connectivity index (χ3n) is 4.76. The SMILES string of the molecule is CN1C(=O)C2C(=NC3=[N+]2CC(c2ccc(F)cc2)=NN3CC(=O)O)N(C)C1=O. The average Bonchev–Trinajstić information content (AvgIpc) is 3.05. The summed E-state index contributed by atoms with van der Waals surface area (Å²) in [6.45, 7) is -0.335. The Labute approximate surface area is 158 Å². The number of fused-ring (bicyclic) bond motifs is 2.